The van der Waals surface area contributed by atoms with E-state index in [9.17, 15) is 4.79 Å². The molecule has 1 aliphatic rings. The van der Waals surface area contributed by atoms with E-state index in [1.165, 1.54) is 5.69 Å². The Hall–Kier alpha value is -2.50. The summed E-state index contributed by atoms with van der Waals surface area (Å²) in [6, 6.07) is 7.23. The molecule has 0 saturated carbocycles. The van der Waals surface area contributed by atoms with Crippen molar-refractivity contribution in [1.82, 2.24) is 14.7 Å². The average Bonchev–Trinajstić information content (AvgIpc) is 2.80. The maximum Gasteiger partial charge on any atom is 0.260 e. The summed E-state index contributed by atoms with van der Waals surface area (Å²) >= 11 is 0. The molecule has 2 heterocycles. The molecule has 0 bridgehead atoms. The number of hydrogen-bond donors (Lipinski definition) is 0. The third-order valence-corrected chi connectivity index (χ3v) is 4.13. The van der Waals surface area contributed by atoms with Gasteiger partial charge in [-0.2, -0.15) is 5.10 Å². The van der Waals surface area contributed by atoms with E-state index in [1.807, 2.05) is 35.0 Å². The second kappa shape index (κ2) is 6.73. The van der Waals surface area contributed by atoms with Crippen LogP contribution in [-0.4, -0.2) is 40.8 Å². The number of carbonyl (C=O) groups is 1. The standard InChI is InChI=1S/C17H21N3O3/c1-19-16-4-3-9-20(11-13(16)10-18-19)17(21)12-23-15-7-5-14(22-2)6-8-15/h5-8,10H,3-4,9,11-12H2,1-2H3. The van der Waals surface area contributed by atoms with Crippen molar-refractivity contribution < 1.29 is 14.3 Å². The molecule has 0 saturated heterocycles. The van der Waals surface area contributed by atoms with Gasteiger partial charge in [0.15, 0.2) is 6.61 Å². The van der Waals surface area contributed by atoms with Crippen LogP contribution < -0.4 is 9.47 Å². The molecule has 2 aromatic rings. The smallest absolute Gasteiger partial charge is 0.260 e. The van der Waals surface area contributed by atoms with Gasteiger partial charge in [-0.05, 0) is 37.1 Å². The van der Waals surface area contributed by atoms with E-state index < -0.39 is 0 Å². The summed E-state index contributed by atoms with van der Waals surface area (Å²) in [5.74, 6) is 1.42. The second-order valence-electron chi connectivity index (χ2n) is 5.62. The summed E-state index contributed by atoms with van der Waals surface area (Å²) < 4.78 is 12.6. The van der Waals surface area contributed by atoms with Crippen molar-refractivity contribution in [3.63, 3.8) is 0 Å². The van der Waals surface area contributed by atoms with Crippen LogP contribution in [0, 0.1) is 0 Å². The van der Waals surface area contributed by atoms with Crippen molar-refractivity contribution in [3.05, 3.63) is 41.7 Å². The fraction of sp³-hybridized carbons (Fsp3) is 0.412. The lowest BCUT2D eigenvalue weighted by Gasteiger charge is -2.20. The SMILES string of the molecule is COc1ccc(OCC(=O)N2CCCc3c(cnn3C)C2)cc1. The first-order valence-electron chi connectivity index (χ1n) is 7.72. The predicted molar refractivity (Wildman–Crippen MR) is 85.4 cm³/mol. The first kappa shape index (κ1) is 15.4. The van der Waals surface area contributed by atoms with Gasteiger partial charge in [0.1, 0.15) is 11.5 Å². The van der Waals surface area contributed by atoms with Gasteiger partial charge in [0.2, 0.25) is 0 Å². The van der Waals surface area contributed by atoms with Gasteiger partial charge in [0.05, 0.1) is 13.3 Å². The van der Waals surface area contributed by atoms with Gasteiger partial charge in [-0.15, -0.1) is 0 Å². The molecule has 1 aliphatic heterocycles. The maximum atomic E-state index is 12.4. The highest BCUT2D eigenvalue weighted by atomic mass is 16.5. The number of fused-ring (bicyclic) bond motifs is 1. The number of nitrogens with zero attached hydrogens (tertiary/aromatic N) is 3. The average molecular weight is 315 g/mol. The molecule has 3 rings (SSSR count). The number of aryl methyl sites for hydroxylation is 1. The Morgan fingerprint density at radius 3 is 2.74 bits per heavy atom. The van der Waals surface area contributed by atoms with Crippen LogP contribution in [0.1, 0.15) is 17.7 Å². The van der Waals surface area contributed by atoms with Gasteiger partial charge in [0.25, 0.3) is 5.91 Å². The van der Waals surface area contributed by atoms with Crippen molar-refractivity contribution in [2.24, 2.45) is 7.05 Å². The van der Waals surface area contributed by atoms with Gasteiger partial charge >= 0.3 is 0 Å². The summed E-state index contributed by atoms with van der Waals surface area (Å²) in [6.07, 6.45) is 3.75. The molecule has 122 valence electrons. The maximum absolute atomic E-state index is 12.4. The van der Waals surface area contributed by atoms with Crippen LogP contribution in [0.15, 0.2) is 30.5 Å². The Kier molecular flexibility index (Phi) is 4.50. The Bertz CT molecular complexity index is 679. The van der Waals surface area contributed by atoms with E-state index in [0.29, 0.717) is 12.3 Å². The van der Waals surface area contributed by atoms with E-state index in [2.05, 4.69) is 5.10 Å². The van der Waals surface area contributed by atoms with Crippen molar-refractivity contribution in [2.45, 2.75) is 19.4 Å². The largest absolute Gasteiger partial charge is 0.497 e. The molecule has 0 fully saturated rings. The van der Waals surface area contributed by atoms with Crippen molar-refractivity contribution in [2.75, 3.05) is 20.3 Å². The van der Waals surface area contributed by atoms with Crippen LogP contribution in [0.3, 0.4) is 0 Å². The minimum Gasteiger partial charge on any atom is -0.497 e. The summed E-state index contributed by atoms with van der Waals surface area (Å²) in [7, 11) is 3.56. The summed E-state index contributed by atoms with van der Waals surface area (Å²) in [5, 5.41) is 4.28. The molecule has 1 aromatic carbocycles. The number of ether oxygens (including phenoxy) is 2. The molecular weight excluding hydrogens is 294 g/mol. The second-order valence-corrected chi connectivity index (χ2v) is 5.62. The molecule has 1 aromatic heterocycles. The minimum absolute atomic E-state index is 0.00230. The zero-order valence-corrected chi connectivity index (χ0v) is 13.5. The monoisotopic (exact) mass is 315 g/mol. The number of methoxy groups -OCH3 is 1. The summed E-state index contributed by atoms with van der Waals surface area (Å²) in [5.41, 5.74) is 2.35. The molecule has 6 nitrogen and oxygen atoms in total. The first-order valence-corrected chi connectivity index (χ1v) is 7.72. The lowest BCUT2D eigenvalue weighted by molar-refractivity contribution is -0.134. The molecule has 6 heteroatoms. The third kappa shape index (κ3) is 3.47. The molecule has 0 spiro atoms. The minimum atomic E-state index is -0.00230. The molecule has 0 atom stereocenters. The molecule has 1 amide bonds. The molecule has 23 heavy (non-hydrogen) atoms. The Balaban J connectivity index is 1.59. The van der Waals surface area contributed by atoms with Crippen LogP contribution in [0.4, 0.5) is 0 Å². The van der Waals surface area contributed by atoms with E-state index in [-0.39, 0.29) is 12.5 Å². The highest BCUT2D eigenvalue weighted by Gasteiger charge is 2.21. The van der Waals surface area contributed by atoms with Crippen LogP contribution in [-0.2, 0) is 24.8 Å². The van der Waals surface area contributed by atoms with Crippen molar-refractivity contribution in [3.8, 4) is 11.5 Å². The fourth-order valence-corrected chi connectivity index (χ4v) is 2.81. The number of carbonyl (C=O) groups excluding carboxylic acids is 1. The lowest BCUT2D eigenvalue weighted by atomic mass is 10.2. The number of rotatable bonds is 4. The van der Waals surface area contributed by atoms with Crippen LogP contribution >= 0.6 is 0 Å². The molecule has 0 aliphatic carbocycles. The van der Waals surface area contributed by atoms with Crippen LogP contribution in [0.5, 0.6) is 11.5 Å². The van der Waals surface area contributed by atoms with Gasteiger partial charge in [-0.1, -0.05) is 0 Å². The zero-order valence-electron chi connectivity index (χ0n) is 13.5. The summed E-state index contributed by atoms with van der Waals surface area (Å²) in [6.45, 7) is 1.40. The molecule has 0 radical (unpaired) electrons. The van der Waals surface area contributed by atoms with Gasteiger partial charge in [-0.3, -0.25) is 9.48 Å². The van der Waals surface area contributed by atoms with Gasteiger partial charge in [0, 0.05) is 31.4 Å². The van der Waals surface area contributed by atoms with Crippen molar-refractivity contribution >= 4 is 5.91 Å². The Morgan fingerprint density at radius 1 is 1.26 bits per heavy atom. The number of amides is 1. The third-order valence-electron chi connectivity index (χ3n) is 4.13. The highest BCUT2D eigenvalue weighted by molar-refractivity contribution is 5.77. The van der Waals surface area contributed by atoms with E-state index in [1.54, 1.807) is 19.2 Å². The number of aromatic nitrogens is 2. The van der Waals surface area contributed by atoms with E-state index >= 15 is 0 Å². The molecule has 0 unspecified atom stereocenters. The highest BCUT2D eigenvalue weighted by Crippen LogP contribution is 2.19. The first-order chi connectivity index (χ1) is 11.2. The van der Waals surface area contributed by atoms with E-state index in [4.69, 9.17) is 9.47 Å². The van der Waals surface area contributed by atoms with Crippen molar-refractivity contribution in [1.29, 1.82) is 0 Å². The van der Waals surface area contributed by atoms with Crippen LogP contribution in [0.25, 0.3) is 0 Å². The number of hydrogen-bond acceptors (Lipinski definition) is 4. The topological polar surface area (TPSA) is 56.6 Å². The number of benzene rings is 1. The normalized spacial score (nSPS) is 14.1. The van der Waals surface area contributed by atoms with Gasteiger partial charge in [-0.25, -0.2) is 0 Å². The quantitative estimate of drug-likeness (QED) is 0.863. The molecule has 0 N–H and O–H groups in total. The molecular formula is C17H21N3O3. The predicted octanol–water partition coefficient (Wildman–Crippen LogP) is 1.78. The van der Waals surface area contributed by atoms with E-state index in [0.717, 1.165) is 30.7 Å². The Morgan fingerprint density at radius 2 is 2.00 bits per heavy atom. The van der Waals surface area contributed by atoms with Gasteiger partial charge < -0.3 is 14.4 Å². The fourth-order valence-electron chi connectivity index (χ4n) is 2.81. The Labute approximate surface area is 135 Å². The zero-order chi connectivity index (χ0) is 16.2. The summed E-state index contributed by atoms with van der Waals surface area (Å²) in [4.78, 5) is 14.3. The lowest BCUT2D eigenvalue weighted by Crippen LogP contribution is -2.34. The van der Waals surface area contributed by atoms with Crippen LogP contribution in [0.2, 0.25) is 0 Å².